The van der Waals surface area contributed by atoms with E-state index in [0.29, 0.717) is 24.8 Å². The van der Waals surface area contributed by atoms with E-state index < -0.39 is 5.82 Å². The summed E-state index contributed by atoms with van der Waals surface area (Å²) < 4.78 is 27.6. The molecule has 2 atom stereocenters. The van der Waals surface area contributed by atoms with Crippen LogP contribution >= 0.6 is 0 Å². The SMILES string of the molecule is COc1cccc2c1CC[C@H]1[C@H]2OCCN1c1nc(-c2ccncc2F)cc(=O)n1C. The second kappa shape index (κ2) is 7.77. The minimum absolute atomic E-state index is 0.0176. The number of ether oxygens (including phenoxy) is 2. The van der Waals surface area contributed by atoms with E-state index in [-0.39, 0.29) is 23.3 Å². The van der Waals surface area contributed by atoms with E-state index in [1.54, 1.807) is 14.2 Å². The molecule has 2 aromatic heterocycles. The van der Waals surface area contributed by atoms with Gasteiger partial charge in [0.25, 0.3) is 5.56 Å². The van der Waals surface area contributed by atoms with Crippen LogP contribution in [0.4, 0.5) is 10.3 Å². The summed E-state index contributed by atoms with van der Waals surface area (Å²) in [6.07, 6.45) is 4.15. The number of fused-ring (bicyclic) bond motifs is 3. The minimum atomic E-state index is -0.507. The van der Waals surface area contributed by atoms with E-state index in [4.69, 9.17) is 14.5 Å². The van der Waals surface area contributed by atoms with Gasteiger partial charge in [-0.3, -0.25) is 14.3 Å². The molecule has 2 aliphatic rings. The fourth-order valence-corrected chi connectivity index (χ4v) is 4.68. The Labute approximate surface area is 179 Å². The first-order chi connectivity index (χ1) is 15.1. The van der Waals surface area contributed by atoms with Gasteiger partial charge in [0.2, 0.25) is 5.95 Å². The summed E-state index contributed by atoms with van der Waals surface area (Å²) in [7, 11) is 3.38. The lowest BCUT2D eigenvalue weighted by Gasteiger charge is -2.45. The van der Waals surface area contributed by atoms with Crippen LogP contribution in [-0.2, 0) is 18.2 Å². The number of aromatic nitrogens is 3. The van der Waals surface area contributed by atoms with Gasteiger partial charge in [-0.25, -0.2) is 9.37 Å². The molecule has 160 valence electrons. The molecule has 3 aromatic rings. The van der Waals surface area contributed by atoms with Gasteiger partial charge < -0.3 is 14.4 Å². The van der Waals surface area contributed by atoms with E-state index >= 15 is 0 Å². The van der Waals surface area contributed by atoms with Gasteiger partial charge in [0.05, 0.1) is 31.6 Å². The molecule has 1 fully saturated rings. The van der Waals surface area contributed by atoms with Crippen molar-refractivity contribution >= 4 is 5.95 Å². The zero-order chi connectivity index (χ0) is 21.5. The molecule has 0 radical (unpaired) electrons. The summed E-state index contributed by atoms with van der Waals surface area (Å²) in [5, 5.41) is 0. The molecule has 5 rings (SSSR count). The van der Waals surface area contributed by atoms with E-state index in [2.05, 4.69) is 16.0 Å². The van der Waals surface area contributed by atoms with Crippen molar-refractivity contribution in [2.45, 2.75) is 25.0 Å². The Balaban J connectivity index is 1.58. The molecule has 0 unspecified atom stereocenters. The van der Waals surface area contributed by atoms with Crippen molar-refractivity contribution in [2.75, 3.05) is 25.2 Å². The molecule has 1 aromatic carbocycles. The summed E-state index contributed by atoms with van der Waals surface area (Å²) >= 11 is 0. The predicted octanol–water partition coefficient (Wildman–Crippen LogP) is 2.88. The molecule has 0 bridgehead atoms. The highest BCUT2D eigenvalue weighted by Gasteiger charge is 2.39. The maximum Gasteiger partial charge on any atom is 0.255 e. The third-order valence-electron chi connectivity index (χ3n) is 6.18. The first-order valence-corrected chi connectivity index (χ1v) is 10.3. The number of rotatable bonds is 3. The van der Waals surface area contributed by atoms with Crippen molar-refractivity contribution < 1.29 is 13.9 Å². The van der Waals surface area contributed by atoms with Crippen molar-refractivity contribution in [1.82, 2.24) is 14.5 Å². The third-order valence-corrected chi connectivity index (χ3v) is 6.18. The number of methoxy groups -OCH3 is 1. The fourth-order valence-electron chi connectivity index (χ4n) is 4.68. The van der Waals surface area contributed by atoms with Gasteiger partial charge in [-0.15, -0.1) is 0 Å². The standard InChI is InChI=1S/C23H23FN4O3/c1-27-21(29)12-18(16-8-9-25-13-17(16)24)26-23(27)28-10-11-31-22-15-4-3-5-20(30-2)14(15)6-7-19(22)28/h3-5,8-9,12-13,19,22H,6-7,10-11H2,1-2H3/t19-,22-/m0/s1. The molecule has 0 amide bonds. The van der Waals surface area contributed by atoms with Gasteiger partial charge in [-0.2, -0.15) is 0 Å². The lowest BCUT2D eigenvalue weighted by atomic mass is 9.83. The van der Waals surface area contributed by atoms with Crippen LogP contribution in [0.25, 0.3) is 11.3 Å². The predicted molar refractivity (Wildman–Crippen MR) is 114 cm³/mol. The number of hydrogen-bond acceptors (Lipinski definition) is 6. The first-order valence-electron chi connectivity index (χ1n) is 10.3. The molecule has 31 heavy (non-hydrogen) atoms. The molecular formula is C23H23FN4O3. The van der Waals surface area contributed by atoms with Crippen LogP contribution in [0.1, 0.15) is 23.7 Å². The summed E-state index contributed by atoms with van der Waals surface area (Å²) in [5.74, 6) is 0.883. The van der Waals surface area contributed by atoms with Crippen molar-refractivity contribution in [3.63, 3.8) is 0 Å². The molecule has 1 aliphatic carbocycles. The average molecular weight is 422 g/mol. The second-order valence-electron chi connectivity index (χ2n) is 7.81. The van der Waals surface area contributed by atoms with E-state index in [0.717, 1.165) is 30.4 Å². The lowest BCUT2D eigenvalue weighted by Crippen LogP contribution is -2.51. The van der Waals surface area contributed by atoms with E-state index in [9.17, 15) is 9.18 Å². The van der Waals surface area contributed by atoms with Crippen LogP contribution in [-0.4, -0.2) is 40.8 Å². The van der Waals surface area contributed by atoms with Crippen LogP contribution in [0.15, 0.2) is 47.5 Å². The molecular weight excluding hydrogens is 399 g/mol. The van der Waals surface area contributed by atoms with Gasteiger partial charge in [0.15, 0.2) is 5.82 Å². The Kier molecular flexibility index (Phi) is 4.94. The topological polar surface area (TPSA) is 69.5 Å². The number of hydrogen-bond donors (Lipinski definition) is 0. The van der Waals surface area contributed by atoms with Crippen molar-refractivity contribution in [1.29, 1.82) is 0 Å². The number of benzene rings is 1. The first kappa shape index (κ1) is 19.7. The third kappa shape index (κ3) is 3.27. The average Bonchev–Trinajstić information content (AvgIpc) is 2.80. The molecule has 0 N–H and O–H groups in total. The molecule has 0 spiro atoms. The summed E-state index contributed by atoms with van der Waals surface area (Å²) in [4.78, 5) is 23.4. The molecule has 1 saturated heterocycles. The lowest BCUT2D eigenvalue weighted by molar-refractivity contribution is 0.00148. The molecule has 7 nitrogen and oxygen atoms in total. The zero-order valence-electron chi connectivity index (χ0n) is 17.4. The molecule has 8 heteroatoms. The maximum absolute atomic E-state index is 14.3. The van der Waals surface area contributed by atoms with Crippen LogP contribution in [0.3, 0.4) is 0 Å². The van der Waals surface area contributed by atoms with Gasteiger partial charge in [0, 0.05) is 37.0 Å². The number of halogens is 1. The smallest absolute Gasteiger partial charge is 0.255 e. The Bertz CT molecular complexity index is 1200. The van der Waals surface area contributed by atoms with Gasteiger partial charge in [0.1, 0.15) is 11.9 Å². The number of anilines is 1. The highest BCUT2D eigenvalue weighted by atomic mass is 19.1. The van der Waals surface area contributed by atoms with Gasteiger partial charge >= 0.3 is 0 Å². The summed E-state index contributed by atoms with van der Waals surface area (Å²) in [5.41, 5.74) is 2.61. The molecule has 0 saturated carbocycles. The van der Waals surface area contributed by atoms with Crippen molar-refractivity contribution in [3.05, 3.63) is 70.0 Å². The fraction of sp³-hybridized carbons (Fsp3) is 0.348. The van der Waals surface area contributed by atoms with Crippen molar-refractivity contribution in [3.8, 4) is 17.0 Å². The Morgan fingerprint density at radius 1 is 1.29 bits per heavy atom. The van der Waals surface area contributed by atoms with Crippen LogP contribution < -0.4 is 15.2 Å². The molecule has 1 aliphatic heterocycles. The normalized spacial score (nSPS) is 20.2. The summed E-state index contributed by atoms with van der Waals surface area (Å²) in [6.45, 7) is 1.10. The Morgan fingerprint density at radius 2 is 2.16 bits per heavy atom. The number of pyridine rings is 1. The highest BCUT2D eigenvalue weighted by molar-refractivity contribution is 5.60. The van der Waals surface area contributed by atoms with Crippen LogP contribution in [0.2, 0.25) is 0 Å². The maximum atomic E-state index is 14.3. The van der Waals surface area contributed by atoms with Crippen LogP contribution in [0.5, 0.6) is 5.75 Å². The Hall–Kier alpha value is -3.26. The number of nitrogens with zero attached hydrogens (tertiary/aromatic N) is 4. The zero-order valence-corrected chi connectivity index (χ0v) is 17.4. The highest BCUT2D eigenvalue weighted by Crippen LogP contribution is 2.42. The van der Waals surface area contributed by atoms with E-state index in [1.807, 2.05) is 12.1 Å². The van der Waals surface area contributed by atoms with Gasteiger partial charge in [-0.05, 0) is 30.5 Å². The Morgan fingerprint density at radius 3 is 2.97 bits per heavy atom. The second-order valence-corrected chi connectivity index (χ2v) is 7.81. The minimum Gasteiger partial charge on any atom is -0.496 e. The van der Waals surface area contributed by atoms with Crippen LogP contribution in [0, 0.1) is 5.82 Å². The largest absolute Gasteiger partial charge is 0.496 e. The van der Waals surface area contributed by atoms with E-state index in [1.165, 1.54) is 28.5 Å². The monoisotopic (exact) mass is 422 g/mol. The number of morpholine rings is 1. The summed E-state index contributed by atoms with van der Waals surface area (Å²) in [6, 6.07) is 8.94. The quantitative estimate of drug-likeness (QED) is 0.647. The van der Waals surface area contributed by atoms with Crippen molar-refractivity contribution in [2.24, 2.45) is 7.05 Å². The molecule has 3 heterocycles. The van der Waals surface area contributed by atoms with Gasteiger partial charge in [-0.1, -0.05) is 12.1 Å².